The minimum absolute atomic E-state index is 0.150. The van der Waals surface area contributed by atoms with Crippen LogP contribution in [0.4, 0.5) is 0 Å². The third-order valence-corrected chi connectivity index (χ3v) is 2.87. The molecule has 1 aliphatic rings. The zero-order valence-electron chi connectivity index (χ0n) is 9.44. The van der Waals surface area contributed by atoms with Crippen molar-refractivity contribution in [2.24, 2.45) is 0 Å². The Labute approximate surface area is 96.2 Å². The molecule has 0 spiro atoms. The first kappa shape index (κ1) is 11.0. The van der Waals surface area contributed by atoms with Crippen molar-refractivity contribution in [2.75, 3.05) is 6.54 Å². The highest BCUT2D eigenvalue weighted by atomic mass is 16.5. The van der Waals surface area contributed by atoms with Gasteiger partial charge in [-0.05, 0) is 32.4 Å². The van der Waals surface area contributed by atoms with Gasteiger partial charge in [0.1, 0.15) is 11.9 Å². The van der Waals surface area contributed by atoms with E-state index in [-0.39, 0.29) is 6.10 Å². The van der Waals surface area contributed by atoms with Gasteiger partial charge >= 0.3 is 0 Å². The van der Waals surface area contributed by atoms with E-state index in [4.69, 9.17) is 11.2 Å². The van der Waals surface area contributed by atoms with Crippen LogP contribution in [0.3, 0.4) is 0 Å². The van der Waals surface area contributed by atoms with Gasteiger partial charge < -0.3 is 10.1 Å². The molecule has 1 saturated heterocycles. The first-order chi connectivity index (χ1) is 7.79. The monoisotopic (exact) mass is 216 g/mol. The average molecular weight is 216 g/mol. The summed E-state index contributed by atoms with van der Waals surface area (Å²) in [6.07, 6.45) is 11.2. The van der Waals surface area contributed by atoms with E-state index in [1.54, 1.807) is 12.4 Å². The van der Waals surface area contributed by atoms with Crippen molar-refractivity contribution in [1.82, 2.24) is 10.3 Å². The summed E-state index contributed by atoms with van der Waals surface area (Å²) in [5.41, 5.74) is 0.754. The van der Waals surface area contributed by atoms with Gasteiger partial charge in [0, 0.05) is 17.8 Å². The van der Waals surface area contributed by atoms with Gasteiger partial charge in [0.2, 0.25) is 0 Å². The number of nitrogens with zero attached hydrogens (tertiary/aromatic N) is 1. The van der Waals surface area contributed by atoms with Crippen LogP contribution in [-0.4, -0.2) is 23.7 Å². The fourth-order valence-electron chi connectivity index (χ4n) is 1.97. The van der Waals surface area contributed by atoms with Crippen LogP contribution in [0.2, 0.25) is 0 Å². The molecule has 2 rings (SSSR count). The van der Waals surface area contributed by atoms with Crippen molar-refractivity contribution in [2.45, 2.75) is 31.9 Å². The summed E-state index contributed by atoms with van der Waals surface area (Å²) < 4.78 is 5.82. The lowest BCUT2D eigenvalue weighted by Crippen LogP contribution is -2.36. The van der Waals surface area contributed by atoms with Crippen molar-refractivity contribution >= 4 is 0 Å². The van der Waals surface area contributed by atoms with Crippen LogP contribution in [0.5, 0.6) is 5.75 Å². The molecule has 0 aromatic carbocycles. The Balaban J connectivity index is 2.00. The van der Waals surface area contributed by atoms with Gasteiger partial charge in [-0.25, -0.2) is 0 Å². The molecule has 1 aliphatic heterocycles. The van der Waals surface area contributed by atoms with Crippen LogP contribution in [0, 0.1) is 12.3 Å². The molecule has 1 fully saturated rings. The maximum atomic E-state index is 5.82. The minimum Gasteiger partial charge on any atom is -0.487 e. The maximum Gasteiger partial charge on any atom is 0.139 e. The predicted molar refractivity (Wildman–Crippen MR) is 63.3 cm³/mol. The summed E-state index contributed by atoms with van der Waals surface area (Å²) in [4.78, 5) is 4.05. The molecule has 0 bridgehead atoms. The zero-order chi connectivity index (χ0) is 11.4. The molecule has 1 aromatic rings. The van der Waals surface area contributed by atoms with E-state index in [0.29, 0.717) is 6.04 Å². The van der Waals surface area contributed by atoms with Gasteiger partial charge in [-0.1, -0.05) is 5.92 Å². The van der Waals surface area contributed by atoms with Crippen LogP contribution in [-0.2, 0) is 0 Å². The molecule has 1 N–H and O–H groups in total. The summed E-state index contributed by atoms with van der Waals surface area (Å²) >= 11 is 0. The summed E-state index contributed by atoms with van der Waals surface area (Å²) in [6.45, 7) is 3.16. The second kappa shape index (κ2) is 5.00. The molecule has 1 aromatic heterocycles. The van der Waals surface area contributed by atoms with E-state index in [0.717, 1.165) is 17.9 Å². The smallest absolute Gasteiger partial charge is 0.139 e. The Bertz CT molecular complexity index is 391. The molecule has 16 heavy (non-hydrogen) atoms. The van der Waals surface area contributed by atoms with Crippen molar-refractivity contribution in [3.05, 3.63) is 24.0 Å². The topological polar surface area (TPSA) is 34.1 Å². The Kier molecular flexibility index (Phi) is 3.43. The predicted octanol–water partition coefficient (Wildman–Crippen LogP) is 1.58. The van der Waals surface area contributed by atoms with Crippen molar-refractivity contribution in [3.8, 4) is 18.1 Å². The van der Waals surface area contributed by atoms with E-state index in [9.17, 15) is 0 Å². The number of ether oxygens (including phenoxy) is 1. The third-order valence-electron chi connectivity index (χ3n) is 2.87. The van der Waals surface area contributed by atoms with E-state index in [1.165, 1.54) is 12.8 Å². The molecular weight excluding hydrogens is 200 g/mol. The Morgan fingerprint density at radius 1 is 1.62 bits per heavy atom. The van der Waals surface area contributed by atoms with Crippen molar-refractivity contribution in [1.29, 1.82) is 0 Å². The first-order valence-corrected chi connectivity index (χ1v) is 5.61. The molecule has 84 valence electrons. The van der Waals surface area contributed by atoms with Gasteiger partial charge in [0.25, 0.3) is 0 Å². The van der Waals surface area contributed by atoms with Crippen LogP contribution in [0.25, 0.3) is 0 Å². The summed E-state index contributed by atoms with van der Waals surface area (Å²) in [7, 11) is 0. The molecule has 0 aliphatic carbocycles. The molecule has 0 amide bonds. The molecule has 0 radical (unpaired) electrons. The lowest BCUT2D eigenvalue weighted by atomic mass is 10.1. The van der Waals surface area contributed by atoms with Gasteiger partial charge in [0.05, 0.1) is 6.20 Å². The minimum atomic E-state index is 0.150. The largest absolute Gasteiger partial charge is 0.487 e. The maximum absolute atomic E-state index is 5.82. The van der Waals surface area contributed by atoms with Crippen molar-refractivity contribution < 1.29 is 4.74 Å². The number of aromatic nitrogens is 1. The molecule has 3 nitrogen and oxygen atoms in total. The van der Waals surface area contributed by atoms with E-state index >= 15 is 0 Å². The standard InChI is InChI=1S/C13H16N2O/c1-3-11-7-12(9-14-8-11)16-10(2)13-5-4-6-15-13/h1,7-10,13,15H,4-6H2,2H3. The highest BCUT2D eigenvalue weighted by molar-refractivity contribution is 5.34. The molecule has 2 heterocycles. The SMILES string of the molecule is C#Cc1cncc(OC(C)C2CCCN2)c1. The summed E-state index contributed by atoms with van der Waals surface area (Å²) in [5, 5.41) is 3.42. The average Bonchev–Trinajstić information content (AvgIpc) is 2.83. The van der Waals surface area contributed by atoms with E-state index < -0.39 is 0 Å². The Morgan fingerprint density at radius 2 is 2.50 bits per heavy atom. The quantitative estimate of drug-likeness (QED) is 0.779. The highest BCUT2D eigenvalue weighted by Crippen LogP contribution is 2.17. The fourth-order valence-corrected chi connectivity index (χ4v) is 1.97. The second-order valence-electron chi connectivity index (χ2n) is 4.08. The Hall–Kier alpha value is -1.53. The van der Waals surface area contributed by atoms with Gasteiger partial charge in [-0.3, -0.25) is 4.98 Å². The zero-order valence-corrected chi connectivity index (χ0v) is 9.44. The van der Waals surface area contributed by atoms with Gasteiger partial charge in [-0.15, -0.1) is 6.42 Å². The van der Waals surface area contributed by atoms with Crippen LogP contribution >= 0.6 is 0 Å². The summed E-state index contributed by atoms with van der Waals surface area (Å²) in [5.74, 6) is 3.30. The van der Waals surface area contributed by atoms with E-state index in [2.05, 4.69) is 23.1 Å². The van der Waals surface area contributed by atoms with Gasteiger partial charge in [-0.2, -0.15) is 0 Å². The first-order valence-electron chi connectivity index (χ1n) is 5.61. The number of pyridine rings is 1. The van der Waals surface area contributed by atoms with Crippen LogP contribution < -0.4 is 10.1 Å². The second-order valence-corrected chi connectivity index (χ2v) is 4.08. The third kappa shape index (κ3) is 2.53. The molecule has 0 saturated carbocycles. The lowest BCUT2D eigenvalue weighted by molar-refractivity contribution is 0.179. The fraction of sp³-hybridized carbons (Fsp3) is 0.462. The normalized spacial score (nSPS) is 21.4. The van der Waals surface area contributed by atoms with Crippen molar-refractivity contribution in [3.63, 3.8) is 0 Å². The summed E-state index contributed by atoms with van der Waals surface area (Å²) in [6, 6.07) is 2.29. The number of nitrogens with one attached hydrogen (secondary N) is 1. The Morgan fingerprint density at radius 3 is 3.19 bits per heavy atom. The van der Waals surface area contributed by atoms with Gasteiger partial charge in [0.15, 0.2) is 0 Å². The molecule has 2 unspecified atom stereocenters. The number of terminal acetylenes is 1. The number of hydrogen-bond donors (Lipinski definition) is 1. The van der Waals surface area contributed by atoms with Crippen LogP contribution in [0.15, 0.2) is 18.5 Å². The highest BCUT2D eigenvalue weighted by Gasteiger charge is 2.22. The molecular formula is C13H16N2O. The molecule has 3 heteroatoms. The number of rotatable bonds is 3. The number of hydrogen-bond acceptors (Lipinski definition) is 3. The lowest BCUT2D eigenvalue weighted by Gasteiger charge is -2.20. The van der Waals surface area contributed by atoms with Crippen LogP contribution in [0.1, 0.15) is 25.3 Å². The molecule has 2 atom stereocenters. The van der Waals surface area contributed by atoms with E-state index in [1.807, 2.05) is 6.07 Å².